The molecule has 0 aliphatic carbocycles. The average Bonchev–Trinajstić information content (AvgIpc) is 3.46. The summed E-state index contributed by atoms with van der Waals surface area (Å²) < 4.78 is 25.7. The van der Waals surface area contributed by atoms with Crippen molar-refractivity contribution in [2.75, 3.05) is 51.8 Å². The lowest BCUT2D eigenvalue weighted by molar-refractivity contribution is 0.0451. The monoisotopic (exact) mass is 678 g/mol. The summed E-state index contributed by atoms with van der Waals surface area (Å²) >= 11 is 0. The Morgan fingerprint density at radius 3 is 2.28 bits per heavy atom. The Labute approximate surface area is 280 Å². The van der Waals surface area contributed by atoms with Gasteiger partial charge in [0.1, 0.15) is 19.3 Å². The molecule has 1 amide bonds. The molecule has 13 heteroatoms. The molecule has 1 aliphatic heterocycles. The van der Waals surface area contributed by atoms with Crippen molar-refractivity contribution in [1.29, 1.82) is 0 Å². The van der Waals surface area contributed by atoms with Gasteiger partial charge < -0.3 is 28.7 Å². The molecule has 11 nitrogen and oxygen atoms in total. The van der Waals surface area contributed by atoms with Gasteiger partial charge >= 0.3 is 6.09 Å². The zero-order valence-electron chi connectivity index (χ0n) is 29.0. The number of carbonyl (C=O) groups excluding carboxylic acids is 1. The fourth-order valence-corrected chi connectivity index (χ4v) is 6.80. The molecule has 0 atom stereocenters. The van der Waals surface area contributed by atoms with Crippen LogP contribution in [0.25, 0.3) is 27.7 Å². The van der Waals surface area contributed by atoms with E-state index in [4.69, 9.17) is 29.0 Å². The number of para-hydroxylation sites is 1. The molecular weight excluding hydrogens is 629 g/mol. The number of ether oxygens (including phenoxy) is 4. The zero-order valence-corrected chi connectivity index (χ0v) is 31.0. The number of pyridine rings is 1. The molecule has 3 aromatic heterocycles. The van der Waals surface area contributed by atoms with Gasteiger partial charge in [0.05, 0.1) is 11.7 Å². The van der Waals surface area contributed by atoms with Crippen LogP contribution in [0.4, 0.5) is 10.6 Å². The fraction of sp³-hybridized carbons (Fsp3) is 0.529. The number of fused-ring (bicyclic) bond motifs is 2. The average molecular weight is 679 g/mol. The van der Waals surface area contributed by atoms with Gasteiger partial charge in [-0.25, -0.2) is 4.79 Å². The van der Waals surface area contributed by atoms with E-state index in [0.29, 0.717) is 51.4 Å². The number of rotatable bonds is 14. The van der Waals surface area contributed by atoms with Crippen LogP contribution in [0.1, 0.15) is 12.8 Å². The molecule has 1 aliphatic rings. The van der Waals surface area contributed by atoms with Gasteiger partial charge in [-0.15, -0.1) is 0 Å². The summed E-state index contributed by atoms with van der Waals surface area (Å²) in [6.07, 6.45) is 4.69. The van der Waals surface area contributed by atoms with Crippen molar-refractivity contribution in [2.45, 2.75) is 70.3 Å². The first kappa shape index (κ1) is 35.0. The second-order valence-corrected chi connectivity index (χ2v) is 26.0. The molecule has 0 N–H and O–H groups in total. The van der Waals surface area contributed by atoms with Crippen molar-refractivity contribution in [3.05, 3.63) is 48.8 Å². The highest BCUT2D eigenvalue weighted by molar-refractivity contribution is 6.76. The van der Waals surface area contributed by atoms with Crippen LogP contribution in [-0.2, 0) is 14.2 Å². The Morgan fingerprint density at radius 2 is 1.62 bits per heavy atom. The number of aromatic nitrogens is 4. The molecule has 1 fully saturated rings. The van der Waals surface area contributed by atoms with E-state index < -0.39 is 22.2 Å². The first-order chi connectivity index (χ1) is 22.4. The minimum absolute atomic E-state index is 0.0460. The highest BCUT2D eigenvalue weighted by Crippen LogP contribution is 2.31. The lowest BCUT2D eigenvalue weighted by Gasteiger charge is -2.30. The van der Waals surface area contributed by atoms with Crippen molar-refractivity contribution in [3.63, 3.8) is 0 Å². The third kappa shape index (κ3) is 9.60. The summed E-state index contributed by atoms with van der Waals surface area (Å²) in [6.45, 7) is 17.2. The number of amides is 1. The van der Waals surface area contributed by atoms with Crippen LogP contribution in [0.2, 0.25) is 51.4 Å². The molecule has 1 aromatic carbocycles. The molecular formula is C34H50N6O5Si2. The van der Waals surface area contributed by atoms with Crippen LogP contribution in [0, 0.1) is 0 Å². The van der Waals surface area contributed by atoms with Gasteiger partial charge in [-0.05, 0) is 37.1 Å². The first-order valence-corrected chi connectivity index (χ1v) is 24.0. The van der Waals surface area contributed by atoms with E-state index in [1.165, 1.54) is 0 Å². The van der Waals surface area contributed by atoms with Crippen LogP contribution in [-0.4, -0.2) is 99.7 Å². The number of hydrogen-bond donors (Lipinski definition) is 0. The van der Waals surface area contributed by atoms with Crippen molar-refractivity contribution in [1.82, 2.24) is 24.5 Å². The standard InChI is InChI=1S/C34H50N6O5Si2/c1-38(28-12-14-42-15-13-28)34(41)45-31-21-32(39(24-43-16-18-46(2,3)4)25-44-17-19-47(5,6)7)40-33(37-31)29(23-36-40)27-20-26-10-8-9-11-30(26)35-22-27/h8-11,20-23,28H,12-19,24-25H2,1-7H3. The lowest BCUT2D eigenvalue weighted by atomic mass is 10.1. The summed E-state index contributed by atoms with van der Waals surface area (Å²) in [7, 11) is -0.797. The fourth-order valence-electron chi connectivity index (χ4n) is 5.28. The summed E-state index contributed by atoms with van der Waals surface area (Å²) in [4.78, 5) is 26.6. The number of nitrogens with zero attached hydrogens (tertiary/aromatic N) is 6. The summed E-state index contributed by atoms with van der Waals surface area (Å²) in [5.41, 5.74) is 3.10. The largest absolute Gasteiger partial charge is 0.416 e. The summed E-state index contributed by atoms with van der Waals surface area (Å²) in [6, 6.07) is 14.0. The van der Waals surface area contributed by atoms with E-state index >= 15 is 0 Å². The molecule has 1 saturated heterocycles. The smallest absolute Gasteiger partial charge is 0.391 e. The van der Waals surface area contributed by atoms with E-state index in [1.54, 1.807) is 28.7 Å². The van der Waals surface area contributed by atoms with Gasteiger partial charge in [-0.2, -0.15) is 14.6 Å². The molecule has 0 unspecified atom stereocenters. The highest BCUT2D eigenvalue weighted by atomic mass is 28.3. The molecule has 4 heterocycles. The lowest BCUT2D eigenvalue weighted by Crippen LogP contribution is -2.42. The molecule has 0 bridgehead atoms. The van der Waals surface area contributed by atoms with E-state index in [9.17, 15) is 4.79 Å². The maximum atomic E-state index is 13.4. The number of anilines is 1. The Bertz CT molecular complexity index is 1630. The predicted molar refractivity (Wildman–Crippen MR) is 192 cm³/mol. The quantitative estimate of drug-likeness (QED) is 0.0794. The second kappa shape index (κ2) is 15.2. The van der Waals surface area contributed by atoms with Gasteiger partial charge in [-0.3, -0.25) is 4.98 Å². The summed E-state index contributed by atoms with van der Waals surface area (Å²) in [5, 5.41) is 5.79. The van der Waals surface area contributed by atoms with Gasteiger partial charge in [0.2, 0.25) is 5.88 Å². The normalized spacial score (nSPS) is 14.5. The molecule has 0 saturated carbocycles. The van der Waals surface area contributed by atoms with E-state index in [2.05, 4.69) is 50.3 Å². The molecule has 4 aromatic rings. The number of carbonyl (C=O) groups is 1. The maximum Gasteiger partial charge on any atom is 0.416 e. The van der Waals surface area contributed by atoms with Crippen LogP contribution < -0.4 is 9.64 Å². The Morgan fingerprint density at radius 1 is 0.957 bits per heavy atom. The third-order valence-corrected chi connectivity index (χ3v) is 11.8. The Balaban J connectivity index is 1.51. The molecule has 5 rings (SSSR count). The van der Waals surface area contributed by atoms with Crippen molar-refractivity contribution in [3.8, 4) is 17.0 Å². The van der Waals surface area contributed by atoms with Crippen molar-refractivity contribution < 1.29 is 23.7 Å². The van der Waals surface area contributed by atoms with E-state index in [0.717, 1.165) is 47.0 Å². The van der Waals surface area contributed by atoms with Gasteiger partial charge in [-0.1, -0.05) is 57.5 Å². The number of benzene rings is 1. The van der Waals surface area contributed by atoms with Crippen LogP contribution in [0.5, 0.6) is 5.88 Å². The molecule has 0 spiro atoms. The van der Waals surface area contributed by atoms with Gasteiger partial charge in [0.25, 0.3) is 0 Å². The SMILES string of the molecule is CN(C(=O)Oc1cc(N(COCC[Si](C)(C)C)COCC[Si](C)(C)C)n2ncc(-c3cnc4ccccc4c3)c2n1)C1CCOCC1. The topological polar surface area (TPSA) is 104 Å². The van der Waals surface area contributed by atoms with Gasteiger partial charge in [0, 0.05) is 84.4 Å². The van der Waals surface area contributed by atoms with Crippen molar-refractivity contribution >= 4 is 44.6 Å². The van der Waals surface area contributed by atoms with Crippen LogP contribution >= 0.6 is 0 Å². The third-order valence-electron chi connectivity index (χ3n) is 8.36. The predicted octanol–water partition coefficient (Wildman–Crippen LogP) is 6.99. The summed E-state index contributed by atoms with van der Waals surface area (Å²) in [5.74, 6) is 0.841. The Kier molecular flexibility index (Phi) is 11.3. The zero-order chi connectivity index (χ0) is 33.6. The molecule has 47 heavy (non-hydrogen) atoms. The minimum Gasteiger partial charge on any atom is -0.391 e. The van der Waals surface area contributed by atoms with Crippen molar-refractivity contribution in [2.24, 2.45) is 0 Å². The van der Waals surface area contributed by atoms with E-state index in [1.807, 2.05) is 35.4 Å². The molecule has 0 radical (unpaired) electrons. The second-order valence-electron chi connectivity index (χ2n) is 14.7. The molecule has 254 valence electrons. The first-order valence-electron chi connectivity index (χ1n) is 16.5. The minimum atomic E-state index is -1.28. The van der Waals surface area contributed by atoms with Crippen LogP contribution in [0.15, 0.2) is 48.8 Å². The highest BCUT2D eigenvalue weighted by Gasteiger charge is 2.26. The maximum absolute atomic E-state index is 13.4. The number of hydrogen-bond acceptors (Lipinski definition) is 9. The van der Waals surface area contributed by atoms with E-state index in [-0.39, 0.29) is 11.9 Å². The van der Waals surface area contributed by atoms with Crippen LogP contribution in [0.3, 0.4) is 0 Å². The Hall–Kier alpha value is -3.37. The van der Waals surface area contributed by atoms with Gasteiger partial charge in [0.15, 0.2) is 5.65 Å².